The van der Waals surface area contributed by atoms with Gasteiger partial charge in [-0.05, 0) is 69.6 Å². The molecule has 1 spiro atoms. The summed E-state index contributed by atoms with van der Waals surface area (Å²) in [6, 6.07) is 7.36. The monoisotopic (exact) mass is 425 g/mol. The van der Waals surface area contributed by atoms with Crippen molar-refractivity contribution in [2.45, 2.75) is 57.6 Å². The van der Waals surface area contributed by atoms with E-state index in [0.717, 1.165) is 30.4 Å². The molecule has 31 heavy (non-hydrogen) atoms. The highest BCUT2D eigenvalue weighted by atomic mass is 16.6. The third kappa shape index (κ3) is 4.85. The van der Waals surface area contributed by atoms with E-state index < -0.39 is 23.5 Å². The largest absolute Gasteiger partial charge is 0.435 e. The molecule has 2 aliphatic rings. The highest BCUT2D eigenvalue weighted by molar-refractivity contribution is 6.35. The summed E-state index contributed by atoms with van der Waals surface area (Å²) in [6.45, 7) is 3.79. The van der Waals surface area contributed by atoms with E-state index in [4.69, 9.17) is 10.00 Å². The molecule has 9 nitrogen and oxygen atoms in total. The van der Waals surface area contributed by atoms with Crippen molar-refractivity contribution < 1.29 is 19.1 Å². The maximum Gasteiger partial charge on any atom is 0.428 e. The molecule has 1 saturated carbocycles. The number of amides is 3. The summed E-state index contributed by atoms with van der Waals surface area (Å²) in [5, 5.41) is 18.5. The molecule has 3 rings (SSSR count). The number of rotatable bonds is 4. The molecule has 0 radical (unpaired) electrons. The molecule has 1 atom stereocenters. The summed E-state index contributed by atoms with van der Waals surface area (Å²) >= 11 is 0. The van der Waals surface area contributed by atoms with Crippen molar-refractivity contribution in [3.63, 3.8) is 0 Å². The van der Waals surface area contributed by atoms with Crippen molar-refractivity contribution in [2.75, 3.05) is 7.05 Å². The van der Waals surface area contributed by atoms with Crippen LogP contribution in [0.3, 0.4) is 0 Å². The lowest BCUT2D eigenvalue weighted by atomic mass is 9.72. The predicted molar refractivity (Wildman–Crippen MR) is 113 cm³/mol. The fraction of sp³-hybridized carbons (Fsp3) is 0.500. The van der Waals surface area contributed by atoms with Gasteiger partial charge in [-0.15, -0.1) is 0 Å². The average molecular weight is 425 g/mol. The van der Waals surface area contributed by atoms with E-state index in [-0.39, 0.29) is 6.04 Å². The lowest BCUT2D eigenvalue weighted by Crippen LogP contribution is -2.52. The van der Waals surface area contributed by atoms with Crippen molar-refractivity contribution in [3.8, 4) is 6.07 Å². The Balaban J connectivity index is 1.71. The molecule has 3 amide bonds. The van der Waals surface area contributed by atoms with Crippen molar-refractivity contribution in [2.24, 2.45) is 11.0 Å². The minimum Gasteiger partial charge on any atom is -0.435 e. The predicted octanol–water partition coefficient (Wildman–Crippen LogP) is 1.88. The molecular formula is C22H27N5O4. The van der Waals surface area contributed by atoms with Crippen LogP contribution in [0, 0.1) is 24.2 Å². The Kier molecular flexibility index (Phi) is 6.59. The Labute approximate surface area is 181 Å². The van der Waals surface area contributed by atoms with E-state index in [9.17, 15) is 14.4 Å². The van der Waals surface area contributed by atoms with Crippen LogP contribution in [-0.2, 0) is 14.3 Å². The van der Waals surface area contributed by atoms with Crippen LogP contribution in [0.2, 0.25) is 0 Å². The van der Waals surface area contributed by atoms with Crippen molar-refractivity contribution in [3.05, 3.63) is 34.9 Å². The molecule has 0 unspecified atom stereocenters. The van der Waals surface area contributed by atoms with Gasteiger partial charge in [0.15, 0.2) is 5.60 Å². The van der Waals surface area contributed by atoms with Gasteiger partial charge < -0.3 is 15.4 Å². The Morgan fingerprint density at radius 3 is 2.68 bits per heavy atom. The van der Waals surface area contributed by atoms with Crippen LogP contribution in [0.1, 0.15) is 55.7 Å². The van der Waals surface area contributed by atoms with Crippen LogP contribution in [-0.4, -0.2) is 42.3 Å². The molecule has 1 aromatic carbocycles. The third-order valence-electron chi connectivity index (χ3n) is 6.00. The zero-order chi connectivity index (χ0) is 22.6. The van der Waals surface area contributed by atoms with Crippen LogP contribution < -0.4 is 16.1 Å². The number of nitrogens with one attached hydrogen (secondary N) is 3. The smallest absolute Gasteiger partial charge is 0.428 e. The van der Waals surface area contributed by atoms with E-state index in [2.05, 4.69) is 27.2 Å². The summed E-state index contributed by atoms with van der Waals surface area (Å²) < 4.78 is 5.79. The summed E-state index contributed by atoms with van der Waals surface area (Å²) in [6.07, 6.45) is 2.97. The van der Waals surface area contributed by atoms with Gasteiger partial charge in [0, 0.05) is 18.7 Å². The first-order chi connectivity index (χ1) is 14.8. The van der Waals surface area contributed by atoms with Gasteiger partial charge in [0.05, 0.1) is 11.6 Å². The van der Waals surface area contributed by atoms with Gasteiger partial charge in [-0.25, -0.2) is 10.2 Å². The maximum atomic E-state index is 12.0. The van der Waals surface area contributed by atoms with Crippen LogP contribution in [0.5, 0.6) is 0 Å². The molecule has 1 aliphatic carbocycles. The summed E-state index contributed by atoms with van der Waals surface area (Å²) in [5.41, 5.74) is 4.58. The number of likely N-dealkylation sites (N-methyl/N-ethyl adjacent to an activating group) is 1. The quantitative estimate of drug-likeness (QED) is 0.634. The Bertz CT molecular complexity index is 957. The number of nitriles is 1. The number of benzene rings is 1. The van der Waals surface area contributed by atoms with Gasteiger partial charge in [-0.1, -0.05) is 6.07 Å². The molecule has 1 heterocycles. The number of hydrazone groups is 1. The van der Waals surface area contributed by atoms with Gasteiger partial charge in [-0.3, -0.25) is 9.59 Å². The van der Waals surface area contributed by atoms with Gasteiger partial charge >= 0.3 is 17.9 Å². The topological polar surface area (TPSA) is 133 Å². The minimum atomic E-state index is -0.813. The normalized spacial score (nSPS) is 23.6. The highest BCUT2D eigenvalue weighted by Crippen LogP contribution is 2.41. The van der Waals surface area contributed by atoms with E-state index in [1.165, 1.54) is 7.05 Å². The minimum absolute atomic E-state index is 0.145. The number of ether oxygens (including phenoxy) is 1. The first-order valence-electron chi connectivity index (χ1n) is 10.4. The molecule has 0 aromatic heterocycles. The number of aryl methyl sites for hydroxylation is 1. The van der Waals surface area contributed by atoms with E-state index in [1.54, 1.807) is 12.1 Å². The molecule has 164 valence electrons. The molecular weight excluding hydrogens is 398 g/mol. The maximum absolute atomic E-state index is 12.0. The lowest BCUT2D eigenvalue weighted by Gasteiger charge is -2.42. The molecule has 0 bridgehead atoms. The second kappa shape index (κ2) is 9.16. The van der Waals surface area contributed by atoms with Gasteiger partial charge in [0.1, 0.15) is 5.71 Å². The number of nitrogens with zero attached hydrogens (tertiary/aromatic N) is 2. The number of carbonyl (C=O) groups is 3. The van der Waals surface area contributed by atoms with Crippen LogP contribution in [0.4, 0.5) is 4.79 Å². The molecule has 1 aliphatic heterocycles. The van der Waals surface area contributed by atoms with Gasteiger partial charge in [-0.2, -0.15) is 10.4 Å². The standard InChI is InChI=1S/C22H27N5O4/c1-13-10-16(12-23)4-5-17(13)18-22(31-21(30)27-26-18)8-6-15(7-9-22)11-14(2)25-20(29)19(28)24-3/h4-5,10,14-15H,6-9,11H2,1-3H3,(H,24,28)(H,25,29)(H,27,30)/t14-,15?,22?/m0/s1. The van der Waals surface area contributed by atoms with E-state index >= 15 is 0 Å². The average Bonchev–Trinajstić information content (AvgIpc) is 2.75. The van der Waals surface area contributed by atoms with Gasteiger partial charge in [0.25, 0.3) is 0 Å². The molecule has 9 heteroatoms. The van der Waals surface area contributed by atoms with Crippen LogP contribution >= 0.6 is 0 Å². The van der Waals surface area contributed by atoms with Crippen molar-refractivity contribution >= 4 is 23.6 Å². The summed E-state index contributed by atoms with van der Waals surface area (Å²) in [4.78, 5) is 35.2. The highest BCUT2D eigenvalue weighted by Gasteiger charge is 2.46. The van der Waals surface area contributed by atoms with Crippen molar-refractivity contribution in [1.29, 1.82) is 5.26 Å². The number of hydrogen-bond acceptors (Lipinski definition) is 6. The SMILES string of the molecule is CNC(=O)C(=O)N[C@@H](C)CC1CCC2(CC1)OC(=O)NN=C2c1ccc(C#N)cc1C. The third-order valence-corrected chi connectivity index (χ3v) is 6.00. The fourth-order valence-corrected chi connectivity index (χ4v) is 4.44. The summed E-state index contributed by atoms with van der Waals surface area (Å²) in [5.74, 6) is -0.975. The Morgan fingerprint density at radius 2 is 2.06 bits per heavy atom. The van der Waals surface area contributed by atoms with Crippen LogP contribution in [0.15, 0.2) is 23.3 Å². The molecule has 0 saturated heterocycles. The number of carbonyl (C=O) groups excluding carboxylic acids is 3. The Hall–Kier alpha value is -3.41. The number of hydrogen-bond donors (Lipinski definition) is 3. The second-order valence-corrected chi connectivity index (χ2v) is 8.23. The zero-order valence-electron chi connectivity index (χ0n) is 17.9. The zero-order valence-corrected chi connectivity index (χ0v) is 17.9. The second-order valence-electron chi connectivity index (χ2n) is 8.23. The Morgan fingerprint density at radius 1 is 1.35 bits per heavy atom. The van der Waals surface area contributed by atoms with Crippen molar-refractivity contribution in [1.82, 2.24) is 16.1 Å². The van der Waals surface area contributed by atoms with E-state index in [0.29, 0.717) is 30.0 Å². The summed E-state index contributed by atoms with van der Waals surface area (Å²) in [7, 11) is 1.42. The van der Waals surface area contributed by atoms with E-state index in [1.807, 2.05) is 19.9 Å². The fourth-order valence-electron chi connectivity index (χ4n) is 4.44. The first kappa shape index (κ1) is 22.3. The first-order valence-corrected chi connectivity index (χ1v) is 10.4. The lowest BCUT2D eigenvalue weighted by molar-refractivity contribution is -0.139. The van der Waals surface area contributed by atoms with Crippen LogP contribution in [0.25, 0.3) is 0 Å². The molecule has 1 aromatic rings. The molecule has 3 N–H and O–H groups in total. The molecule has 1 fully saturated rings. The van der Waals surface area contributed by atoms with Gasteiger partial charge in [0.2, 0.25) is 0 Å².